The molecular formula is C10H16BNO2. The van der Waals surface area contributed by atoms with Gasteiger partial charge >= 0.3 is 7.12 Å². The molecule has 1 heterocycles. The molecule has 0 saturated carbocycles. The molecule has 0 fully saturated rings. The van der Waals surface area contributed by atoms with Crippen molar-refractivity contribution in [1.82, 2.24) is 4.98 Å². The number of pyridine rings is 1. The second kappa shape index (κ2) is 4.57. The third-order valence-corrected chi connectivity index (χ3v) is 1.47. The number of rotatable bonds is 3. The van der Waals surface area contributed by atoms with Crippen LogP contribution in [0.1, 0.15) is 41.4 Å². The predicted octanol–water partition coefficient (Wildman–Crippen LogP) is 0.268. The molecule has 1 aromatic rings. The van der Waals surface area contributed by atoms with E-state index < -0.39 is 56.7 Å². The summed E-state index contributed by atoms with van der Waals surface area (Å²) in [5.41, 5.74) is -2.27. The average Bonchev–Trinajstić information content (AvgIpc) is 2.42. The van der Waals surface area contributed by atoms with Crippen molar-refractivity contribution in [2.75, 3.05) is 0 Å². The molecule has 0 atom stereocenters. The van der Waals surface area contributed by atoms with Gasteiger partial charge in [0.2, 0.25) is 0 Å². The van der Waals surface area contributed by atoms with E-state index in [4.69, 9.17) is 16.4 Å². The van der Waals surface area contributed by atoms with Crippen LogP contribution in [0.5, 0.6) is 0 Å². The van der Waals surface area contributed by atoms with E-state index in [0.717, 1.165) is 0 Å². The minimum Gasteiger partial charge on any atom is -0.423 e. The molecule has 76 valence electrons. The monoisotopic (exact) mass is 205 g/mol. The van der Waals surface area contributed by atoms with E-state index in [0.29, 0.717) is 12.3 Å². The highest BCUT2D eigenvalue weighted by atomic mass is 16.4. The summed E-state index contributed by atoms with van der Waals surface area (Å²) in [5.74, 6) is -3.66. The molecule has 3 nitrogen and oxygen atoms in total. The second-order valence-electron chi connectivity index (χ2n) is 2.53. The molecule has 0 aromatic carbocycles. The van der Waals surface area contributed by atoms with Crippen molar-refractivity contribution in [2.24, 2.45) is 5.89 Å². The third kappa shape index (κ3) is 2.82. The first-order valence-corrected chi connectivity index (χ1v) is 3.65. The molecule has 0 aliphatic rings. The molecule has 1 aromatic heterocycles. The summed E-state index contributed by atoms with van der Waals surface area (Å²) >= 11 is 0. The highest BCUT2D eigenvalue weighted by Crippen LogP contribution is 2.05. The smallest absolute Gasteiger partial charge is 0.423 e. The highest BCUT2D eigenvalue weighted by Gasteiger charge is 2.14. The van der Waals surface area contributed by atoms with Crippen molar-refractivity contribution >= 4 is 12.6 Å². The molecule has 2 N–H and O–H groups in total. The van der Waals surface area contributed by atoms with Gasteiger partial charge < -0.3 is 10.0 Å². The zero-order chi connectivity index (χ0) is 20.9. The molecule has 0 radical (unpaired) electrons. The summed E-state index contributed by atoms with van der Waals surface area (Å²) < 4.78 is 90.3. The van der Waals surface area contributed by atoms with Gasteiger partial charge in [-0.3, -0.25) is 4.98 Å². The molecule has 0 amide bonds. The van der Waals surface area contributed by atoms with Crippen LogP contribution in [-0.4, -0.2) is 22.2 Å². The van der Waals surface area contributed by atoms with Gasteiger partial charge in [-0.05, 0) is 30.7 Å². The third-order valence-electron chi connectivity index (χ3n) is 1.47. The Hall–Kier alpha value is -0.865. The fourth-order valence-electron chi connectivity index (χ4n) is 0.868. The van der Waals surface area contributed by atoms with Crippen molar-refractivity contribution in [2.45, 2.75) is 26.9 Å². The van der Waals surface area contributed by atoms with E-state index >= 15 is 0 Å². The van der Waals surface area contributed by atoms with Gasteiger partial charge in [0.15, 0.2) is 0 Å². The second-order valence-corrected chi connectivity index (χ2v) is 2.53. The van der Waals surface area contributed by atoms with Crippen molar-refractivity contribution in [1.29, 1.82) is 0 Å². The SMILES string of the molecule is [2H]C([2H])([2H])c1cc(C([2H])([2H])C([2H])(C([2H])([2H])[2H])C([2H])([2H])[2H])ncc1B(O)O. The van der Waals surface area contributed by atoms with E-state index in [9.17, 15) is 10.0 Å². The predicted molar refractivity (Wildman–Crippen MR) is 57.3 cm³/mol. The minimum absolute atomic E-state index is 0.530. The summed E-state index contributed by atoms with van der Waals surface area (Å²) in [6.45, 7) is -10.2. The summed E-state index contributed by atoms with van der Waals surface area (Å²) in [5, 5.41) is 18.5. The van der Waals surface area contributed by atoms with Gasteiger partial charge in [0.25, 0.3) is 0 Å². The highest BCUT2D eigenvalue weighted by molar-refractivity contribution is 6.59. The largest absolute Gasteiger partial charge is 0.490 e. The topological polar surface area (TPSA) is 53.4 Å². The maximum absolute atomic E-state index is 9.23. The van der Waals surface area contributed by atoms with E-state index in [1.165, 1.54) is 0 Å². The Balaban J connectivity index is 3.77. The van der Waals surface area contributed by atoms with E-state index in [-0.39, 0.29) is 0 Å². The van der Waals surface area contributed by atoms with Gasteiger partial charge in [-0.2, -0.15) is 0 Å². The van der Waals surface area contributed by atoms with Crippen LogP contribution in [0.4, 0.5) is 0 Å². The van der Waals surface area contributed by atoms with Gasteiger partial charge in [0.1, 0.15) is 0 Å². The zero-order valence-electron chi connectivity index (χ0n) is 19.1. The van der Waals surface area contributed by atoms with Crippen LogP contribution >= 0.6 is 0 Å². The zero-order valence-corrected chi connectivity index (χ0v) is 7.07. The van der Waals surface area contributed by atoms with Crippen LogP contribution in [0.2, 0.25) is 0 Å². The Morgan fingerprint density at radius 2 is 2.50 bits per heavy atom. The maximum atomic E-state index is 9.23. The van der Waals surface area contributed by atoms with Crippen LogP contribution in [0, 0.1) is 12.7 Å². The van der Waals surface area contributed by atoms with E-state index in [1.807, 2.05) is 0 Å². The van der Waals surface area contributed by atoms with Crippen LogP contribution in [0.25, 0.3) is 0 Å². The first kappa shape index (κ1) is 3.06. The van der Waals surface area contributed by atoms with E-state index in [2.05, 4.69) is 4.98 Å². The van der Waals surface area contributed by atoms with Crippen molar-refractivity contribution < 1.29 is 26.5 Å². The lowest BCUT2D eigenvalue weighted by molar-refractivity contribution is 0.425. The van der Waals surface area contributed by atoms with Gasteiger partial charge in [-0.15, -0.1) is 0 Å². The number of hydrogen-bond donors (Lipinski definition) is 2. The van der Waals surface area contributed by atoms with E-state index in [1.54, 1.807) is 0 Å². The van der Waals surface area contributed by atoms with Crippen LogP contribution in [0.15, 0.2) is 12.3 Å². The lowest BCUT2D eigenvalue weighted by Gasteiger charge is -2.08. The molecule has 0 aliphatic carbocycles. The Bertz CT molecular complexity index is 651. The van der Waals surface area contributed by atoms with Gasteiger partial charge in [0.05, 0.1) is 0 Å². The molecular weight excluding hydrogens is 177 g/mol. The Labute approximate surface area is 102 Å². The molecule has 14 heavy (non-hydrogen) atoms. The number of nitrogens with zero attached hydrogens (tertiary/aromatic N) is 1. The average molecular weight is 205 g/mol. The molecule has 0 bridgehead atoms. The lowest BCUT2D eigenvalue weighted by Crippen LogP contribution is -2.32. The van der Waals surface area contributed by atoms with Crippen molar-refractivity contribution in [3.8, 4) is 0 Å². The van der Waals surface area contributed by atoms with Crippen LogP contribution in [-0.2, 0) is 6.37 Å². The van der Waals surface area contributed by atoms with Crippen LogP contribution in [0.3, 0.4) is 0 Å². The molecule has 0 saturated heterocycles. The first-order valence-electron chi connectivity index (χ1n) is 9.65. The summed E-state index contributed by atoms with van der Waals surface area (Å²) in [7, 11) is -2.26. The van der Waals surface area contributed by atoms with Gasteiger partial charge in [0, 0.05) is 33.8 Å². The first-order chi connectivity index (χ1) is 11.3. The molecule has 0 unspecified atom stereocenters. The fourth-order valence-corrected chi connectivity index (χ4v) is 0.868. The summed E-state index contributed by atoms with van der Waals surface area (Å²) in [6.07, 6.45) is -2.83. The fraction of sp³-hybridized carbons (Fsp3) is 0.500. The molecule has 4 heteroatoms. The van der Waals surface area contributed by atoms with Crippen LogP contribution < -0.4 is 5.46 Å². The van der Waals surface area contributed by atoms with Crippen molar-refractivity contribution in [3.63, 3.8) is 0 Å². The maximum Gasteiger partial charge on any atom is 0.490 e. The lowest BCUT2D eigenvalue weighted by atomic mass is 9.78. The van der Waals surface area contributed by atoms with Crippen molar-refractivity contribution in [3.05, 3.63) is 23.5 Å². The number of aromatic nitrogens is 1. The summed E-state index contributed by atoms with van der Waals surface area (Å²) in [4.78, 5) is 3.47. The molecule has 1 rings (SSSR count). The Morgan fingerprint density at radius 1 is 1.71 bits per heavy atom. The normalized spacial score (nSPS) is 27.9. The Kier molecular flexibility index (Phi) is 1.00. The quantitative estimate of drug-likeness (QED) is 0.696. The summed E-state index contributed by atoms with van der Waals surface area (Å²) in [6, 6.07) is 0.530. The number of hydrogen-bond acceptors (Lipinski definition) is 3. The Morgan fingerprint density at radius 3 is 3.07 bits per heavy atom. The molecule has 0 aliphatic heterocycles. The van der Waals surface area contributed by atoms with Gasteiger partial charge in [-0.25, -0.2) is 0 Å². The minimum atomic E-state index is -3.66. The standard InChI is InChI=1S/C10H16BNO2/c1-7(2)4-9-5-8(3)10(6-12-9)11(13)14/h5-7,13-14H,4H2,1-3H3/i1D3,2D3,3D3,4D2,7D. The number of aryl methyl sites for hydroxylation is 1. The molecule has 0 spiro atoms. The van der Waals surface area contributed by atoms with Gasteiger partial charge in [-0.1, -0.05) is 13.7 Å².